The number of rotatable bonds is 8. The van der Waals surface area contributed by atoms with E-state index in [-0.39, 0.29) is 11.4 Å². The number of esters is 1. The Kier molecular flexibility index (Phi) is 8.22. The fraction of sp³-hybridized carbons (Fsp3) is 0.250. The molecule has 0 bridgehead atoms. The van der Waals surface area contributed by atoms with E-state index in [9.17, 15) is 27.2 Å². The predicted molar refractivity (Wildman–Crippen MR) is 109 cm³/mol. The van der Waals surface area contributed by atoms with Crippen LogP contribution in [0.4, 0.5) is 9.18 Å². The predicted octanol–water partition coefficient (Wildman–Crippen LogP) is 1.40. The minimum absolute atomic E-state index is 0.195. The van der Waals surface area contributed by atoms with Gasteiger partial charge in [-0.25, -0.2) is 17.6 Å². The quantitative estimate of drug-likeness (QED) is 0.585. The monoisotopic (exact) mass is 451 g/mol. The molecule has 1 atom stereocenters. The van der Waals surface area contributed by atoms with Crippen molar-refractivity contribution >= 4 is 27.9 Å². The van der Waals surface area contributed by atoms with Gasteiger partial charge in [-0.3, -0.25) is 14.9 Å². The second kappa shape index (κ2) is 10.6. The van der Waals surface area contributed by atoms with Gasteiger partial charge in [0.05, 0.1) is 4.90 Å². The summed E-state index contributed by atoms with van der Waals surface area (Å²) in [5.74, 6) is -2.47. The number of nitrogens with one attached hydrogen (secondary N) is 2. The Morgan fingerprint density at radius 1 is 1.06 bits per heavy atom. The van der Waals surface area contributed by atoms with Crippen LogP contribution < -0.4 is 10.6 Å². The molecule has 2 aromatic rings. The van der Waals surface area contributed by atoms with Gasteiger partial charge in [0.2, 0.25) is 10.0 Å². The van der Waals surface area contributed by atoms with E-state index >= 15 is 0 Å². The molecule has 2 rings (SSSR count). The molecule has 11 heteroatoms. The van der Waals surface area contributed by atoms with Crippen LogP contribution in [0, 0.1) is 5.82 Å². The average molecular weight is 451 g/mol. The van der Waals surface area contributed by atoms with E-state index in [1.165, 1.54) is 6.92 Å². The Hall–Kier alpha value is -3.31. The third kappa shape index (κ3) is 7.15. The fourth-order valence-electron chi connectivity index (χ4n) is 2.38. The van der Waals surface area contributed by atoms with Gasteiger partial charge in [-0.2, -0.15) is 4.31 Å². The highest BCUT2D eigenvalue weighted by Crippen LogP contribution is 2.14. The van der Waals surface area contributed by atoms with E-state index in [1.807, 2.05) is 11.4 Å². The summed E-state index contributed by atoms with van der Waals surface area (Å²) in [6.07, 6.45) is -1.34. The Bertz CT molecular complexity index is 1030. The van der Waals surface area contributed by atoms with Crippen molar-refractivity contribution in [3.63, 3.8) is 0 Å². The van der Waals surface area contributed by atoms with E-state index in [2.05, 4.69) is 5.32 Å². The highest BCUT2D eigenvalue weighted by molar-refractivity contribution is 7.89. The van der Waals surface area contributed by atoms with Crippen LogP contribution in [0.2, 0.25) is 0 Å². The first-order valence-corrected chi connectivity index (χ1v) is 10.6. The van der Waals surface area contributed by atoms with E-state index in [0.29, 0.717) is 4.31 Å². The van der Waals surface area contributed by atoms with E-state index in [4.69, 9.17) is 4.74 Å². The molecule has 0 saturated heterocycles. The van der Waals surface area contributed by atoms with Crippen molar-refractivity contribution in [2.45, 2.75) is 24.5 Å². The van der Waals surface area contributed by atoms with Gasteiger partial charge < -0.3 is 10.1 Å². The van der Waals surface area contributed by atoms with Crippen LogP contribution in [0.3, 0.4) is 0 Å². The first kappa shape index (κ1) is 24.0. The van der Waals surface area contributed by atoms with Gasteiger partial charge in [0.1, 0.15) is 12.4 Å². The lowest BCUT2D eigenvalue weighted by molar-refractivity contribution is -0.154. The van der Waals surface area contributed by atoms with Crippen molar-refractivity contribution in [3.05, 3.63) is 66.0 Å². The number of sulfonamides is 1. The van der Waals surface area contributed by atoms with E-state index in [0.717, 1.165) is 36.9 Å². The number of carbonyl (C=O) groups is 3. The third-order valence-electron chi connectivity index (χ3n) is 4.08. The van der Waals surface area contributed by atoms with Crippen molar-refractivity contribution in [1.29, 1.82) is 0 Å². The lowest BCUT2D eigenvalue weighted by Gasteiger charge is -2.18. The largest absolute Gasteiger partial charge is 0.452 e. The zero-order chi connectivity index (χ0) is 23.0. The highest BCUT2D eigenvalue weighted by atomic mass is 32.2. The molecule has 2 N–H and O–H groups in total. The number of hydrogen-bond donors (Lipinski definition) is 2. The van der Waals surface area contributed by atoms with Gasteiger partial charge >= 0.3 is 12.0 Å². The molecule has 0 aliphatic carbocycles. The van der Waals surface area contributed by atoms with Crippen LogP contribution in [0.25, 0.3) is 0 Å². The minimum atomic E-state index is -4.06. The van der Waals surface area contributed by atoms with Gasteiger partial charge in [0.15, 0.2) is 6.10 Å². The maximum atomic E-state index is 13.0. The molecule has 0 fully saturated rings. The third-order valence-corrected chi connectivity index (χ3v) is 5.90. The summed E-state index contributed by atoms with van der Waals surface area (Å²) in [6.45, 7) is 0.754. The number of urea groups is 1. The molecule has 0 saturated carbocycles. The number of amides is 3. The first-order valence-electron chi connectivity index (χ1n) is 9.13. The van der Waals surface area contributed by atoms with Gasteiger partial charge in [-0.05, 0) is 36.8 Å². The molecule has 0 aliphatic heterocycles. The van der Waals surface area contributed by atoms with Gasteiger partial charge in [0, 0.05) is 13.6 Å². The van der Waals surface area contributed by atoms with Crippen LogP contribution >= 0.6 is 0 Å². The maximum absolute atomic E-state index is 13.0. The molecule has 0 heterocycles. The molecule has 166 valence electrons. The number of ether oxygens (including phenoxy) is 1. The van der Waals surface area contributed by atoms with Crippen LogP contribution in [0.5, 0.6) is 0 Å². The Morgan fingerprint density at radius 2 is 1.68 bits per heavy atom. The Morgan fingerprint density at radius 3 is 2.29 bits per heavy atom. The molecule has 2 aromatic carbocycles. The fourth-order valence-corrected chi connectivity index (χ4v) is 3.49. The zero-order valence-corrected chi connectivity index (χ0v) is 17.7. The molecule has 0 spiro atoms. The number of halogens is 1. The van der Waals surface area contributed by atoms with E-state index < -0.39 is 46.4 Å². The normalized spacial score (nSPS) is 12.1. The number of nitrogens with zero attached hydrogens (tertiary/aromatic N) is 1. The van der Waals surface area contributed by atoms with Gasteiger partial charge in [0.25, 0.3) is 5.91 Å². The smallest absolute Gasteiger partial charge is 0.322 e. The maximum Gasteiger partial charge on any atom is 0.322 e. The van der Waals surface area contributed by atoms with Crippen molar-refractivity contribution < 1.29 is 31.9 Å². The number of likely N-dealkylation sites (N-methyl/N-ethyl adjacent to an activating group) is 1. The summed E-state index contributed by atoms with van der Waals surface area (Å²) in [6, 6.07) is 12.3. The Labute approximate surface area is 179 Å². The van der Waals surface area contributed by atoms with Gasteiger partial charge in [-0.1, -0.05) is 30.3 Å². The SMILES string of the molecule is CC(OC(=O)CN(C)S(=O)(=O)c1ccc(F)cc1)C(=O)NC(=O)NCc1ccccc1. The standard InChI is InChI=1S/C20H22FN3O6S/c1-14(19(26)23-20(27)22-12-15-6-4-3-5-7-15)30-18(25)13-24(2)31(28,29)17-10-8-16(21)9-11-17/h3-11,14H,12-13H2,1-2H3,(H2,22,23,26,27). The van der Waals surface area contributed by atoms with Crippen molar-refractivity contribution in [2.24, 2.45) is 0 Å². The van der Waals surface area contributed by atoms with Crippen LogP contribution in [0.15, 0.2) is 59.5 Å². The van der Waals surface area contributed by atoms with E-state index in [1.54, 1.807) is 24.3 Å². The number of imide groups is 1. The molecule has 3 amide bonds. The minimum Gasteiger partial charge on any atom is -0.452 e. The first-order chi connectivity index (χ1) is 14.6. The van der Waals surface area contributed by atoms with Crippen molar-refractivity contribution in [1.82, 2.24) is 14.9 Å². The number of benzene rings is 2. The summed E-state index contributed by atoms with van der Waals surface area (Å²) in [4.78, 5) is 35.7. The molecule has 0 radical (unpaired) electrons. The van der Waals surface area contributed by atoms with Gasteiger partial charge in [-0.15, -0.1) is 0 Å². The van der Waals surface area contributed by atoms with Crippen LogP contribution in [-0.4, -0.2) is 50.3 Å². The van der Waals surface area contributed by atoms with Crippen LogP contribution in [-0.2, 0) is 30.9 Å². The molecule has 0 aromatic heterocycles. The molecule has 9 nitrogen and oxygen atoms in total. The van der Waals surface area contributed by atoms with Crippen molar-refractivity contribution in [3.8, 4) is 0 Å². The lowest BCUT2D eigenvalue weighted by atomic mass is 10.2. The summed E-state index contributed by atoms with van der Waals surface area (Å²) >= 11 is 0. The second-order valence-corrected chi connectivity index (χ2v) is 8.55. The lowest BCUT2D eigenvalue weighted by Crippen LogP contribution is -2.45. The summed E-state index contributed by atoms with van der Waals surface area (Å²) in [5.41, 5.74) is 0.829. The number of carbonyl (C=O) groups excluding carboxylic acids is 3. The van der Waals surface area contributed by atoms with Crippen LogP contribution in [0.1, 0.15) is 12.5 Å². The highest BCUT2D eigenvalue weighted by Gasteiger charge is 2.26. The topological polar surface area (TPSA) is 122 Å². The Balaban J connectivity index is 1.83. The molecule has 31 heavy (non-hydrogen) atoms. The summed E-state index contributed by atoms with van der Waals surface area (Å²) in [7, 11) is -2.92. The molecular formula is C20H22FN3O6S. The molecular weight excluding hydrogens is 429 g/mol. The average Bonchev–Trinajstić information content (AvgIpc) is 2.73. The second-order valence-electron chi connectivity index (χ2n) is 6.50. The number of hydrogen-bond acceptors (Lipinski definition) is 6. The summed E-state index contributed by atoms with van der Waals surface area (Å²) < 4.78 is 43.4. The van der Waals surface area contributed by atoms with Crippen molar-refractivity contribution in [2.75, 3.05) is 13.6 Å². The molecule has 0 aliphatic rings. The zero-order valence-electron chi connectivity index (χ0n) is 16.9. The summed E-state index contributed by atoms with van der Waals surface area (Å²) in [5, 5.41) is 4.52. The molecule has 1 unspecified atom stereocenters.